The Balaban J connectivity index is 1.29. The lowest BCUT2D eigenvalue weighted by molar-refractivity contribution is -0.118. The van der Waals surface area contributed by atoms with Crippen molar-refractivity contribution in [3.05, 3.63) is 54.1 Å². The summed E-state index contributed by atoms with van der Waals surface area (Å²) in [7, 11) is 0. The van der Waals surface area contributed by atoms with Gasteiger partial charge >= 0.3 is 6.03 Å². The maximum atomic E-state index is 12.8. The van der Waals surface area contributed by atoms with Crippen molar-refractivity contribution in [3.63, 3.8) is 0 Å². The van der Waals surface area contributed by atoms with Crippen LogP contribution in [0.2, 0.25) is 0 Å². The van der Waals surface area contributed by atoms with E-state index in [0.717, 1.165) is 48.3 Å². The summed E-state index contributed by atoms with van der Waals surface area (Å²) >= 11 is 0. The summed E-state index contributed by atoms with van der Waals surface area (Å²) in [4.78, 5) is 28.9. The van der Waals surface area contributed by atoms with Crippen LogP contribution in [0.15, 0.2) is 48.5 Å². The molecule has 0 aromatic heterocycles. The summed E-state index contributed by atoms with van der Waals surface area (Å²) < 4.78 is 0. The van der Waals surface area contributed by atoms with Gasteiger partial charge in [0.1, 0.15) is 0 Å². The second kappa shape index (κ2) is 10.9. The van der Waals surface area contributed by atoms with Gasteiger partial charge in [0.15, 0.2) is 5.78 Å². The Morgan fingerprint density at radius 2 is 1.67 bits per heavy atom. The number of hydrogen-bond donors (Lipinski definition) is 2. The Morgan fingerprint density at radius 1 is 0.970 bits per heavy atom. The minimum atomic E-state index is -0.604. The number of ketones is 1. The summed E-state index contributed by atoms with van der Waals surface area (Å²) in [6.07, 6.45) is 6.20. The van der Waals surface area contributed by atoms with Crippen LogP contribution >= 0.6 is 0 Å². The van der Waals surface area contributed by atoms with E-state index in [2.05, 4.69) is 10.2 Å². The van der Waals surface area contributed by atoms with Crippen LogP contribution in [-0.4, -0.2) is 54.3 Å². The SMILES string of the molecule is CC(=O)C(N)c1cccc(-c2ccc(NC(=O)N3CCC(CN4CCCCC4)CC3)cc2)c1. The highest BCUT2D eigenvalue weighted by atomic mass is 16.2. The number of urea groups is 1. The van der Waals surface area contributed by atoms with Crippen LogP contribution in [0.4, 0.5) is 10.5 Å². The molecule has 0 saturated carbocycles. The molecule has 3 N–H and O–H groups in total. The molecule has 176 valence electrons. The first-order valence-electron chi connectivity index (χ1n) is 12.2. The van der Waals surface area contributed by atoms with Crippen molar-refractivity contribution < 1.29 is 9.59 Å². The number of benzene rings is 2. The van der Waals surface area contributed by atoms with Crippen molar-refractivity contribution in [3.8, 4) is 11.1 Å². The highest BCUT2D eigenvalue weighted by Gasteiger charge is 2.25. The van der Waals surface area contributed by atoms with Gasteiger partial charge in [-0.1, -0.05) is 36.8 Å². The Morgan fingerprint density at radius 3 is 2.33 bits per heavy atom. The average molecular weight is 449 g/mol. The molecule has 2 heterocycles. The lowest BCUT2D eigenvalue weighted by Crippen LogP contribution is -2.44. The van der Waals surface area contributed by atoms with Gasteiger partial charge in [-0.25, -0.2) is 4.79 Å². The van der Waals surface area contributed by atoms with Crippen molar-refractivity contribution in [2.75, 3.05) is 38.0 Å². The van der Waals surface area contributed by atoms with E-state index in [9.17, 15) is 9.59 Å². The van der Waals surface area contributed by atoms with Gasteiger partial charge < -0.3 is 20.9 Å². The first-order valence-corrected chi connectivity index (χ1v) is 12.2. The van der Waals surface area contributed by atoms with Gasteiger partial charge in [-0.05, 0) is 86.5 Å². The Labute approximate surface area is 197 Å². The zero-order chi connectivity index (χ0) is 23.2. The van der Waals surface area contributed by atoms with Crippen LogP contribution in [-0.2, 0) is 4.79 Å². The lowest BCUT2D eigenvalue weighted by Gasteiger charge is -2.36. The van der Waals surface area contributed by atoms with Gasteiger partial charge in [0.05, 0.1) is 6.04 Å². The molecular weight excluding hydrogens is 412 g/mol. The molecule has 6 heteroatoms. The predicted molar refractivity (Wildman–Crippen MR) is 133 cm³/mol. The van der Waals surface area contributed by atoms with Gasteiger partial charge in [-0.15, -0.1) is 0 Å². The van der Waals surface area contributed by atoms with Crippen molar-refractivity contribution in [2.24, 2.45) is 11.7 Å². The standard InChI is InChI=1S/C27H36N4O2/c1-20(32)26(28)24-7-5-6-23(18-24)22-8-10-25(11-9-22)29-27(33)31-16-12-21(13-17-31)19-30-14-3-2-4-15-30/h5-11,18,21,26H,2-4,12-17,19,28H2,1H3,(H,29,33). The molecule has 2 saturated heterocycles. The number of anilines is 1. The first kappa shape index (κ1) is 23.5. The van der Waals surface area contributed by atoms with Gasteiger partial charge in [0.25, 0.3) is 0 Å². The molecule has 0 spiro atoms. The second-order valence-electron chi connectivity index (χ2n) is 9.51. The van der Waals surface area contributed by atoms with E-state index in [1.165, 1.54) is 45.8 Å². The second-order valence-corrected chi connectivity index (χ2v) is 9.51. The number of rotatable bonds is 6. The fourth-order valence-electron chi connectivity index (χ4n) is 4.92. The normalized spacial score (nSPS) is 18.7. The summed E-state index contributed by atoms with van der Waals surface area (Å²) in [6.45, 7) is 6.83. The van der Waals surface area contributed by atoms with Gasteiger partial charge in [-0.3, -0.25) is 4.79 Å². The van der Waals surface area contributed by atoms with Crippen LogP contribution in [0.3, 0.4) is 0 Å². The third-order valence-electron chi connectivity index (χ3n) is 7.02. The molecule has 4 rings (SSSR count). The summed E-state index contributed by atoms with van der Waals surface area (Å²) in [5, 5.41) is 3.04. The fraction of sp³-hybridized carbons (Fsp3) is 0.481. The fourth-order valence-corrected chi connectivity index (χ4v) is 4.92. The topological polar surface area (TPSA) is 78.7 Å². The Hall–Kier alpha value is -2.70. The van der Waals surface area contributed by atoms with Crippen molar-refractivity contribution in [1.82, 2.24) is 9.80 Å². The van der Waals surface area contributed by atoms with Crippen molar-refractivity contribution >= 4 is 17.5 Å². The number of hydrogen-bond acceptors (Lipinski definition) is 4. The first-order chi connectivity index (χ1) is 16.0. The maximum absolute atomic E-state index is 12.8. The van der Waals surface area contributed by atoms with E-state index in [-0.39, 0.29) is 11.8 Å². The minimum absolute atomic E-state index is 0.0198. The minimum Gasteiger partial charge on any atom is -0.325 e. The maximum Gasteiger partial charge on any atom is 0.321 e. The van der Waals surface area contributed by atoms with Crippen LogP contribution in [0.5, 0.6) is 0 Å². The molecule has 0 bridgehead atoms. The molecule has 1 unspecified atom stereocenters. The third kappa shape index (κ3) is 6.21. The zero-order valence-electron chi connectivity index (χ0n) is 19.6. The van der Waals surface area contributed by atoms with E-state index in [0.29, 0.717) is 5.92 Å². The number of carbonyl (C=O) groups excluding carboxylic acids is 2. The van der Waals surface area contributed by atoms with Gasteiger partial charge in [0, 0.05) is 25.3 Å². The van der Waals surface area contributed by atoms with Crippen molar-refractivity contribution in [2.45, 2.75) is 45.1 Å². The highest BCUT2D eigenvalue weighted by Crippen LogP contribution is 2.25. The van der Waals surface area contributed by atoms with E-state index >= 15 is 0 Å². The van der Waals surface area contributed by atoms with Crippen LogP contribution < -0.4 is 11.1 Å². The monoisotopic (exact) mass is 448 g/mol. The predicted octanol–water partition coefficient (Wildman–Crippen LogP) is 4.67. The van der Waals surface area contributed by atoms with Gasteiger partial charge in [0.2, 0.25) is 0 Å². The number of amides is 2. The molecule has 0 aliphatic carbocycles. The molecular formula is C27H36N4O2. The smallest absolute Gasteiger partial charge is 0.321 e. The number of carbonyl (C=O) groups is 2. The molecule has 1 atom stereocenters. The molecule has 2 aromatic rings. The Kier molecular flexibility index (Phi) is 7.78. The molecule has 33 heavy (non-hydrogen) atoms. The van der Waals surface area contributed by atoms with Crippen LogP contribution in [0, 0.1) is 5.92 Å². The molecule has 0 radical (unpaired) electrons. The number of Topliss-reactive ketones (excluding diaryl/α,β-unsaturated/α-hetero) is 1. The van der Waals surface area contributed by atoms with E-state index < -0.39 is 6.04 Å². The summed E-state index contributed by atoms with van der Waals surface area (Å²) in [6, 6.07) is 14.9. The number of nitrogens with one attached hydrogen (secondary N) is 1. The van der Waals surface area contributed by atoms with Gasteiger partial charge in [-0.2, -0.15) is 0 Å². The van der Waals surface area contributed by atoms with Crippen LogP contribution in [0.25, 0.3) is 11.1 Å². The number of likely N-dealkylation sites (tertiary alicyclic amines) is 2. The molecule has 2 aromatic carbocycles. The summed E-state index contributed by atoms with van der Waals surface area (Å²) in [5.74, 6) is 0.652. The highest BCUT2D eigenvalue weighted by molar-refractivity contribution is 5.89. The average Bonchev–Trinajstić information content (AvgIpc) is 2.85. The van der Waals surface area contributed by atoms with Crippen molar-refractivity contribution in [1.29, 1.82) is 0 Å². The third-order valence-corrected chi connectivity index (χ3v) is 7.02. The lowest BCUT2D eigenvalue weighted by atomic mass is 9.95. The zero-order valence-corrected chi connectivity index (χ0v) is 19.6. The quantitative estimate of drug-likeness (QED) is 0.673. The molecule has 2 aliphatic heterocycles. The molecule has 2 fully saturated rings. The number of piperidine rings is 2. The van der Waals surface area contributed by atoms with E-state index in [1.807, 2.05) is 53.4 Å². The molecule has 6 nitrogen and oxygen atoms in total. The van der Waals surface area contributed by atoms with Crippen LogP contribution in [0.1, 0.15) is 50.6 Å². The summed E-state index contributed by atoms with van der Waals surface area (Å²) in [5.41, 5.74) is 9.60. The van der Waals surface area contributed by atoms with E-state index in [1.54, 1.807) is 0 Å². The number of nitrogens with two attached hydrogens (primary N) is 1. The van der Waals surface area contributed by atoms with E-state index in [4.69, 9.17) is 5.73 Å². The molecule has 2 aliphatic rings. The molecule has 2 amide bonds. The largest absolute Gasteiger partial charge is 0.325 e. The number of nitrogens with zero attached hydrogens (tertiary/aromatic N) is 2. The Bertz CT molecular complexity index is 945.